The number of likely N-dealkylation sites (tertiary alicyclic amines) is 1. The third-order valence-electron chi connectivity index (χ3n) is 6.93. The van der Waals surface area contributed by atoms with E-state index in [9.17, 15) is 4.79 Å². The minimum Gasteiger partial charge on any atom is -0.341 e. The summed E-state index contributed by atoms with van der Waals surface area (Å²) in [5.74, 6) is 1.55. The lowest BCUT2D eigenvalue weighted by Gasteiger charge is -2.38. The molecule has 2 aliphatic heterocycles. The van der Waals surface area contributed by atoms with E-state index in [1.54, 1.807) is 0 Å². The number of nitrogens with zero attached hydrogens (tertiary/aromatic N) is 4. The monoisotopic (exact) mass is 431 g/mol. The van der Waals surface area contributed by atoms with Gasteiger partial charge in [0, 0.05) is 38.6 Å². The maximum absolute atomic E-state index is 13.1. The van der Waals surface area contributed by atoms with Crippen LogP contribution in [0, 0.1) is 12.8 Å². The second-order valence-corrected chi connectivity index (χ2v) is 9.34. The summed E-state index contributed by atoms with van der Waals surface area (Å²) in [5, 5.41) is 0. The van der Waals surface area contributed by atoms with Crippen LogP contribution in [0.5, 0.6) is 0 Å². The fourth-order valence-electron chi connectivity index (χ4n) is 5.03. The first-order chi connectivity index (χ1) is 15.6. The molecular formula is C26H33N5O. The summed E-state index contributed by atoms with van der Waals surface area (Å²) >= 11 is 0. The largest absolute Gasteiger partial charge is 0.341 e. The quantitative estimate of drug-likeness (QED) is 0.673. The molecule has 2 aliphatic rings. The smallest absolute Gasteiger partial charge is 0.225 e. The molecule has 3 aromatic rings. The van der Waals surface area contributed by atoms with Crippen LogP contribution in [0.25, 0.3) is 11.0 Å². The van der Waals surface area contributed by atoms with E-state index in [0.29, 0.717) is 5.91 Å². The van der Waals surface area contributed by atoms with Crippen molar-refractivity contribution in [3.05, 3.63) is 65.5 Å². The first kappa shape index (κ1) is 21.2. The Morgan fingerprint density at radius 3 is 2.41 bits per heavy atom. The van der Waals surface area contributed by atoms with Crippen molar-refractivity contribution >= 4 is 16.9 Å². The lowest BCUT2D eigenvalue weighted by Crippen LogP contribution is -2.51. The molecule has 2 aromatic carbocycles. The lowest BCUT2D eigenvalue weighted by molar-refractivity contribution is -0.139. The van der Waals surface area contributed by atoms with Crippen molar-refractivity contribution in [3.63, 3.8) is 0 Å². The number of amides is 1. The van der Waals surface area contributed by atoms with Gasteiger partial charge in [-0.1, -0.05) is 36.4 Å². The number of carbonyl (C=O) groups excluding carboxylic acids is 1. The molecule has 5 rings (SSSR count). The molecule has 0 radical (unpaired) electrons. The van der Waals surface area contributed by atoms with Crippen molar-refractivity contribution in [2.75, 3.05) is 39.3 Å². The van der Waals surface area contributed by atoms with Gasteiger partial charge in [-0.3, -0.25) is 14.6 Å². The Morgan fingerprint density at radius 2 is 1.66 bits per heavy atom. The van der Waals surface area contributed by atoms with Gasteiger partial charge in [-0.15, -0.1) is 0 Å². The van der Waals surface area contributed by atoms with Gasteiger partial charge in [-0.2, -0.15) is 0 Å². The molecule has 0 spiro atoms. The average Bonchev–Trinajstić information content (AvgIpc) is 3.21. The van der Waals surface area contributed by atoms with E-state index in [0.717, 1.165) is 82.1 Å². The molecule has 0 unspecified atom stereocenters. The molecule has 2 saturated heterocycles. The van der Waals surface area contributed by atoms with E-state index < -0.39 is 0 Å². The molecule has 6 nitrogen and oxygen atoms in total. The number of rotatable bonds is 5. The zero-order valence-electron chi connectivity index (χ0n) is 19.0. The van der Waals surface area contributed by atoms with Gasteiger partial charge >= 0.3 is 0 Å². The van der Waals surface area contributed by atoms with Gasteiger partial charge in [-0.05, 0) is 56.1 Å². The Labute approximate surface area is 190 Å². The highest BCUT2D eigenvalue weighted by Gasteiger charge is 2.30. The zero-order valence-corrected chi connectivity index (χ0v) is 19.0. The fraction of sp³-hybridized carbons (Fsp3) is 0.462. The van der Waals surface area contributed by atoms with Crippen LogP contribution in [-0.4, -0.2) is 69.8 Å². The second kappa shape index (κ2) is 9.43. The van der Waals surface area contributed by atoms with Gasteiger partial charge in [0.15, 0.2) is 0 Å². The van der Waals surface area contributed by atoms with Crippen LogP contribution in [0.2, 0.25) is 0 Å². The topological polar surface area (TPSA) is 55.5 Å². The second-order valence-electron chi connectivity index (χ2n) is 9.34. The van der Waals surface area contributed by atoms with Gasteiger partial charge in [0.05, 0.1) is 17.6 Å². The van der Waals surface area contributed by atoms with Crippen molar-refractivity contribution in [1.82, 2.24) is 24.7 Å². The number of hydrogen-bond acceptors (Lipinski definition) is 4. The summed E-state index contributed by atoms with van der Waals surface area (Å²) in [4.78, 5) is 28.3. The summed E-state index contributed by atoms with van der Waals surface area (Å²) in [7, 11) is 0. The van der Waals surface area contributed by atoms with E-state index in [1.165, 1.54) is 11.1 Å². The van der Waals surface area contributed by atoms with E-state index in [1.807, 2.05) is 0 Å². The normalized spacial score (nSPS) is 19.0. The van der Waals surface area contributed by atoms with E-state index >= 15 is 0 Å². The van der Waals surface area contributed by atoms with Gasteiger partial charge in [-0.25, -0.2) is 4.98 Å². The molecule has 0 bridgehead atoms. The SMILES string of the molecule is Cc1ccc2nc(CN3CCC(C(=O)N4CCN(Cc5ccccc5)CC4)CC3)[nH]c2c1. The predicted octanol–water partition coefficient (Wildman–Crippen LogP) is 3.43. The van der Waals surface area contributed by atoms with Crippen molar-refractivity contribution in [2.24, 2.45) is 5.92 Å². The van der Waals surface area contributed by atoms with E-state index in [4.69, 9.17) is 4.98 Å². The number of H-pyrrole nitrogens is 1. The Balaban J connectivity index is 1.08. The highest BCUT2D eigenvalue weighted by Crippen LogP contribution is 2.23. The average molecular weight is 432 g/mol. The first-order valence-electron chi connectivity index (χ1n) is 11.9. The van der Waals surface area contributed by atoms with Crippen molar-refractivity contribution in [2.45, 2.75) is 32.9 Å². The molecule has 0 aliphatic carbocycles. The number of aromatic nitrogens is 2. The van der Waals surface area contributed by atoms with Crippen molar-refractivity contribution in [3.8, 4) is 0 Å². The Hall–Kier alpha value is -2.70. The molecule has 1 amide bonds. The van der Waals surface area contributed by atoms with Crippen LogP contribution in [0.1, 0.15) is 29.8 Å². The maximum atomic E-state index is 13.1. The summed E-state index contributed by atoms with van der Waals surface area (Å²) < 4.78 is 0. The number of imidazole rings is 1. The van der Waals surface area contributed by atoms with E-state index in [2.05, 4.69) is 75.1 Å². The molecular weight excluding hydrogens is 398 g/mol. The molecule has 32 heavy (non-hydrogen) atoms. The van der Waals surface area contributed by atoms with Gasteiger partial charge in [0.2, 0.25) is 5.91 Å². The van der Waals surface area contributed by atoms with Gasteiger partial charge < -0.3 is 9.88 Å². The number of aryl methyl sites for hydroxylation is 1. The van der Waals surface area contributed by atoms with Crippen LogP contribution in [0.3, 0.4) is 0 Å². The van der Waals surface area contributed by atoms with Crippen molar-refractivity contribution < 1.29 is 4.79 Å². The molecule has 168 valence electrons. The number of aromatic amines is 1. The number of benzene rings is 2. The summed E-state index contributed by atoms with van der Waals surface area (Å²) in [6.45, 7) is 9.45. The predicted molar refractivity (Wildman–Crippen MR) is 127 cm³/mol. The highest BCUT2D eigenvalue weighted by molar-refractivity contribution is 5.79. The van der Waals surface area contributed by atoms with Crippen LogP contribution < -0.4 is 0 Å². The van der Waals surface area contributed by atoms with Gasteiger partial charge in [0.25, 0.3) is 0 Å². The lowest BCUT2D eigenvalue weighted by atomic mass is 9.95. The number of carbonyl (C=O) groups is 1. The Bertz CT molecular complexity index is 1050. The number of piperidine rings is 1. The minimum atomic E-state index is 0.172. The number of fused-ring (bicyclic) bond motifs is 1. The highest BCUT2D eigenvalue weighted by atomic mass is 16.2. The summed E-state index contributed by atoms with van der Waals surface area (Å²) in [6.07, 6.45) is 1.89. The van der Waals surface area contributed by atoms with Crippen LogP contribution in [0.15, 0.2) is 48.5 Å². The molecule has 0 atom stereocenters. The third kappa shape index (κ3) is 4.87. The Kier molecular flexibility index (Phi) is 6.23. The van der Waals surface area contributed by atoms with Crippen molar-refractivity contribution in [1.29, 1.82) is 0 Å². The maximum Gasteiger partial charge on any atom is 0.225 e. The molecule has 6 heteroatoms. The first-order valence-corrected chi connectivity index (χ1v) is 11.9. The standard InChI is InChI=1S/C26H33N5O/c1-20-7-8-23-24(17-20)28-25(27-23)19-29-11-9-22(10-12-29)26(32)31-15-13-30(14-16-31)18-21-5-3-2-4-6-21/h2-8,17,22H,9-16,18-19H2,1H3,(H,27,28). The Morgan fingerprint density at radius 1 is 0.938 bits per heavy atom. The zero-order chi connectivity index (χ0) is 21.9. The number of piperazine rings is 1. The third-order valence-corrected chi connectivity index (χ3v) is 6.93. The summed E-state index contributed by atoms with van der Waals surface area (Å²) in [6, 6.07) is 16.9. The number of hydrogen-bond donors (Lipinski definition) is 1. The van der Waals surface area contributed by atoms with E-state index in [-0.39, 0.29) is 5.92 Å². The molecule has 0 saturated carbocycles. The molecule has 3 heterocycles. The molecule has 1 N–H and O–H groups in total. The van der Waals surface area contributed by atoms with Crippen LogP contribution >= 0.6 is 0 Å². The summed E-state index contributed by atoms with van der Waals surface area (Å²) in [5.41, 5.74) is 4.73. The minimum absolute atomic E-state index is 0.172. The van der Waals surface area contributed by atoms with Crippen LogP contribution in [0.4, 0.5) is 0 Å². The van der Waals surface area contributed by atoms with Gasteiger partial charge in [0.1, 0.15) is 5.82 Å². The number of nitrogens with one attached hydrogen (secondary N) is 1. The fourth-order valence-corrected chi connectivity index (χ4v) is 5.03. The molecule has 2 fully saturated rings. The molecule has 1 aromatic heterocycles. The van der Waals surface area contributed by atoms with Crippen LogP contribution in [-0.2, 0) is 17.9 Å².